The van der Waals surface area contributed by atoms with E-state index in [2.05, 4.69) is 31.0 Å². The summed E-state index contributed by atoms with van der Waals surface area (Å²) in [6.07, 6.45) is 5.72. The van der Waals surface area contributed by atoms with Crippen LogP contribution in [0.15, 0.2) is 0 Å². The molecule has 1 heterocycles. The molecule has 2 rings (SSSR count). The first-order chi connectivity index (χ1) is 8.15. The SMILES string of the molecule is CC1CNC(C)CCN(CC2CCCC2C)C1. The highest BCUT2D eigenvalue weighted by Gasteiger charge is 2.26. The van der Waals surface area contributed by atoms with Crippen LogP contribution in [-0.2, 0) is 0 Å². The van der Waals surface area contributed by atoms with E-state index in [0.29, 0.717) is 6.04 Å². The van der Waals surface area contributed by atoms with E-state index in [1.54, 1.807) is 0 Å². The van der Waals surface area contributed by atoms with Gasteiger partial charge in [-0.05, 0) is 50.6 Å². The van der Waals surface area contributed by atoms with Crippen molar-refractivity contribution in [2.45, 2.75) is 52.5 Å². The summed E-state index contributed by atoms with van der Waals surface area (Å²) in [5.74, 6) is 2.74. The highest BCUT2D eigenvalue weighted by Crippen LogP contribution is 2.32. The van der Waals surface area contributed by atoms with Gasteiger partial charge in [0.15, 0.2) is 0 Å². The van der Waals surface area contributed by atoms with Crippen molar-refractivity contribution in [2.24, 2.45) is 17.8 Å². The van der Waals surface area contributed by atoms with Crippen LogP contribution < -0.4 is 5.32 Å². The summed E-state index contributed by atoms with van der Waals surface area (Å²) < 4.78 is 0. The Balaban J connectivity index is 1.84. The first-order valence-electron chi connectivity index (χ1n) is 7.61. The van der Waals surface area contributed by atoms with Crippen LogP contribution in [0.4, 0.5) is 0 Å². The minimum absolute atomic E-state index is 0.696. The molecule has 1 N–H and O–H groups in total. The molecule has 0 radical (unpaired) electrons. The molecule has 1 saturated carbocycles. The van der Waals surface area contributed by atoms with Gasteiger partial charge in [0.2, 0.25) is 0 Å². The number of rotatable bonds is 2. The van der Waals surface area contributed by atoms with E-state index in [1.165, 1.54) is 51.9 Å². The second-order valence-electron chi connectivity index (χ2n) is 6.63. The minimum Gasteiger partial charge on any atom is -0.314 e. The molecule has 0 bridgehead atoms. The van der Waals surface area contributed by atoms with Crippen LogP contribution in [0.2, 0.25) is 0 Å². The predicted octanol–water partition coefficient (Wildman–Crippen LogP) is 2.74. The molecule has 4 atom stereocenters. The fourth-order valence-electron chi connectivity index (χ4n) is 3.47. The smallest absolute Gasteiger partial charge is 0.00510 e. The second kappa shape index (κ2) is 6.19. The van der Waals surface area contributed by atoms with Crippen LogP contribution in [0.25, 0.3) is 0 Å². The third-order valence-corrected chi connectivity index (χ3v) is 4.79. The Hall–Kier alpha value is -0.0800. The Morgan fingerprint density at radius 1 is 1.12 bits per heavy atom. The van der Waals surface area contributed by atoms with Crippen molar-refractivity contribution in [3.63, 3.8) is 0 Å². The Morgan fingerprint density at radius 2 is 1.94 bits per heavy atom. The molecule has 1 aliphatic carbocycles. The van der Waals surface area contributed by atoms with E-state index in [9.17, 15) is 0 Å². The Morgan fingerprint density at radius 3 is 2.65 bits per heavy atom. The number of nitrogens with zero attached hydrogens (tertiary/aromatic N) is 1. The molecular weight excluding hydrogens is 208 g/mol. The molecule has 0 aromatic carbocycles. The van der Waals surface area contributed by atoms with E-state index in [1.807, 2.05) is 0 Å². The molecule has 17 heavy (non-hydrogen) atoms. The molecule has 2 nitrogen and oxygen atoms in total. The molecule has 1 aliphatic heterocycles. The lowest BCUT2D eigenvalue weighted by atomic mass is 9.96. The van der Waals surface area contributed by atoms with Crippen molar-refractivity contribution in [3.05, 3.63) is 0 Å². The van der Waals surface area contributed by atoms with Gasteiger partial charge in [0.25, 0.3) is 0 Å². The Kier molecular flexibility index (Phi) is 4.87. The molecular formula is C15H30N2. The summed E-state index contributed by atoms with van der Waals surface area (Å²) in [6, 6.07) is 0.696. The van der Waals surface area contributed by atoms with E-state index < -0.39 is 0 Å². The third-order valence-electron chi connectivity index (χ3n) is 4.79. The monoisotopic (exact) mass is 238 g/mol. The first kappa shape index (κ1) is 13.4. The van der Waals surface area contributed by atoms with Gasteiger partial charge in [0.05, 0.1) is 0 Å². The molecule has 1 saturated heterocycles. The second-order valence-corrected chi connectivity index (χ2v) is 6.63. The minimum atomic E-state index is 0.696. The van der Waals surface area contributed by atoms with Crippen LogP contribution in [0.1, 0.15) is 46.5 Å². The van der Waals surface area contributed by atoms with E-state index in [-0.39, 0.29) is 0 Å². The molecule has 100 valence electrons. The zero-order valence-electron chi connectivity index (χ0n) is 11.9. The Bertz CT molecular complexity index is 229. The van der Waals surface area contributed by atoms with Crippen molar-refractivity contribution < 1.29 is 0 Å². The fourth-order valence-corrected chi connectivity index (χ4v) is 3.47. The lowest BCUT2D eigenvalue weighted by Gasteiger charge is -2.33. The van der Waals surface area contributed by atoms with Gasteiger partial charge in [0.1, 0.15) is 0 Å². The lowest BCUT2D eigenvalue weighted by Crippen LogP contribution is -2.44. The zero-order chi connectivity index (χ0) is 12.3. The average molecular weight is 238 g/mol. The van der Waals surface area contributed by atoms with Crippen molar-refractivity contribution in [1.82, 2.24) is 10.2 Å². The highest BCUT2D eigenvalue weighted by atomic mass is 15.1. The molecule has 4 unspecified atom stereocenters. The van der Waals surface area contributed by atoms with E-state index >= 15 is 0 Å². The predicted molar refractivity (Wildman–Crippen MR) is 74.2 cm³/mol. The van der Waals surface area contributed by atoms with Gasteiger partial charge in [-0.3, -0.25) is 0 Å². The summed E-state index contributed by atoms with van der Waals surface area (Å²) in [7, 11) is 0. The maximum absolute atomic E-state index is 3.63. The normalized spacial score (nSPS) is 41.1. The molecule has 2 heteroatoms. The summed E-state index contributed by atoms with van der Waals surface area (Å²) in [5, 5.41) is 3.63. The first-order valence-corrected chi connectivity index (χ1v) is 7.61. The van der Waals surface area contributed by atoms with E-state index in [0.717, 1.165) is 17.8 Å². The van der Waals surface area contributed by atoms with Gasteiger partial charge in [-0.2, -0.15) is 0 Å². The van der Waals surface area contributed by atoms with Crippen LogP contribution in [0.3, 0.4) is 0 Å². The number of hydrogen-bond donors (Lipinski definition) is 1. The fraction of sp³-hybridized carbons (Fsp3) is 1.00. The zero-order valence-corrected chi connectivity index (χ0v) is 11.9. The van der Waals surface area contributed by atoms with Crippen molar-refractivity contribution in [3.8, 4) is 0 Å². The van der Waals surface area contributed by atoms with Gasteiger partial charge in [-0.25, -0.2) is 0 Å². The maximum Gasteiger partial charge on any atom is 0.00510 e. The largest absolute Gasteiger partial charge is 0.314 e. The quantitative estimate of drug-likeness (QED) is 0.796. The van der Waals surface area contributed by atoms with Crippen molar-refractivity contribution in [2.75, 3.05) is 26.2 Å². The lowest BCUT2D eigenvalue weighted by molar-refractivity contribution is 0.164. The van der Waals surface area contributed by atoms with Crippen LogP contribution in [0, 0.1) is 17.8 Å². The molecule has 0 aromatic rings. The van der Waals surface area contributed by atoms with Gasteiger partial charge in [-0.15, -0.1) is 0 Å². The summed E-state index contributed by atoms with van der Waals surface area (Å²) in [6.45, 7) is 12.3. The number of nitrogens with one attached hydrogen (secondary N) is 1. The van der Waals surface area contributed by atoms with Gasteiger partial charge < -0.3 is 10.2 Å². The molecule has 2 fully saturated rings. The van der Waals surface area contributed by atoms with Gasteiger partial charge >= 0.3 is 0 Å². The number of hydrogen-bond acceptors (Lipinski definition) is 2. The van der Waals surface area contributed by atoms with Crippen LogP contribution in [-0.4, -0.2) is 37.1 Å². The summed E-state index contributed by atoms with van der Waals surface area (Å²) >= 11 is 0. The summed E-state index contributed by atoms with van der Waals surface area (Å²) in [4.78, 5) is 2.74. The summed E-state index contributed by atoms with van der Waals surface area (Å²) in [5.41, 5.74) is 0. The molecule has 2 aliphatic rings. The standard InChI is InChI=1S/C15H30N2/c1-12-9-16-14(3)7-8-17(10-12)11-15-6-4-5-13(15)2/h12-16H,4-11H2,1-3H3. The topological polar surface area (TPSA) is 15.3 Å². The van der Waals surface area contributed by atoms with Crippen LogP contribution >= 0.6 is 0 Å². The molecule has 0 aromatic heterocycles. The molecule has 0 spiro atoms. The van der Waals surface area contributed by atoms with Gasteiger partial charge in [-0.1, -0.05) is 26.7 Å². The van der Waals surface area contributed by atoms with Gasteiger partial charge in [0, 0.05) is 19.1 Å². The van der Waals surface area contributed by atoms with Crippen molar-refractivity contribution >= 4 is 0 Å². The molecule has 0 amide bonds. The highest BCUT2D eigenvalue weighted by molar-refractivity contribution is 4.80. The van der Waals surface area contributed by atoms with E-state index in [4.69, 9.17) is 0 Å². The Labute approximate surface area is 107 Å². The average Bonchev–Trinajstić information content (AvgIpc) is 2.67. The maximum atomic E-state index is 3.63. The van der Waals surface area contributed by atoms with Crippen LogP contribution in [0.5, 0.6) is 0 Å². The van der Waals surface area contributed by atoms with Crippen molar-refractivity contribution in [1.29, 1.82) is 0 Å². The third kappa shape index (κ3) is 3.96.